The molecule has 1 aromatic carbocycles. The van der Waals surface area contributed by atoms with Crippen molar-refractivity contribution in [2.75, 3.05) is 13.7 Å². The summed E-state index contributed by atoms with van der Waals surface area (Å²) >= 11 is 1.51. The Morgan fingerprint density at radius 1 is 1.27 bits per heavy atom. The summed E-state index contributed by atoms with van der Waals surface area (Å²) in [6.07, 6.45) is 4.00. The van der Waals surface area contributed by atoms with Gasteiger partial charge in [0.15, 0.2) is 0 Å². The van der Waals surface area contributed by atoms with E-state index in [0.717, 1.165) is 21.8 Å². The molecule has 0 aliphatic carbocycles. The van der Waals surface area contributed by atoms with Crippen molar-refractivity contribution in [3.05, 3.63) is 58.7 Å². The maximum atomic E-state index is 12.4. The third kappa shape index (κ3) is 4.27. The SMILES string of the molecule is COc1ccc(S(=O)(=O)NCCc2nc(-c3cccnc3)cs2)cc1C. The molecule has 0 aliphatic rings. The number of thiazole rings is 1. The number of nitrogens with zero attached hydrogens (tertiary/aromatic N) is 2. The van der Waals surface area contributed by atoms with Crippen LogP contribution >= 0.6 is 11.3 Å². The molecule has 0 bridgehead atoms. The molecule has 3 aromatic rings. The fourth-order valence-electron chi connectivity index (χ4n) is 2.47. The molecule has 0 unspecified atom stereocenters. The molecule has 3 rings (SSSR count). The Morgan fingerprint density at radius 2 is 2.12 bits per heavy atom. The number of hydrogen-bond donors (Lipinski definition) is 1. The molecule has 0 fully saturated rings. The molecule has 0 amide bonds. The molecule has 0 saturated carbocycles. The molecule has 2 heterocycles. The van der Waals surface area contributed by atoms with E-state index in [1.807, 2.05) is 24.4 Å². The van der Waals surface area contributed by atoms with E-state index in [0.29, 0.717) is 12.2 Å². The second-order valence-electron chi connectivity index (χ2n) is 5.65. The summed E-state index contributed by atoms with van der Waals surface area (Å²) in [5.41, 5.74) is 2.58. The smallest absolute Gasteiger partial charge is 0.240 e. The zero-order chi connectivity index (χ0) is 18.6. The van der Waals surface area contributed by atoms with Gasteiger partial charge in [0.05, 0.1) is 22.7 Å². The summed E-state index contributed by atoms with van der Waals surface area (Å²) in [6, 6.07) is 8.61. The zero-order valence-electron chi connectivity index (χ0n) is 14.5. The number of methoxy groups -OCH3 is 1. The maximum Gasteiger partial charge on any atom is 0.240 e. The van der Waals surface area contributed by atoms with Crippen LogP contribution in [-0.2, 0) is 16.4 Å². The van der Waals surface area contributed by atoms with E-state index in [1.54, 1.807) is 31.6 Å². The van der Waals surface area contributed by atoms with Crippen LogP contribution in [0.2, 0.25) is 0 Å². The first kappa shape index (κ1) is 18.5. The number of pyridine rings is 1. The van der Waals surface area contributed by atoms with Gasteiger partial charge in [-0.05, 0) is 42.8 Å². The predicted octanol–water partition coefficient (Wildman–Crippen LogP) is 3.04. The van der Waals surface area contributed by atoms with Gasteiger partial charge in [-0.1, -0.05) is 0 Å². The highest BCUT2D eigenvalue weighted by Gasteiger charge is 2.15. The average Bonchev–Trinajstić information content (AvgIpc) is 3.11. The Labute approximate surface area is 157 Å². The van der Waals surface area contributed by atoms with Gasteiger partial charge in [0.2, 0.25) is 10.0 Å². The van der Waals surface area contributed by atoms with Crippen molar-refractivity contribution in [2.24, 2.45) is 0 Å². The molecular weight excluding hydrogens is 370 g/mol. The normalized spacial score (nSPS) is 11.5. The van der Waals surface area contributed by atoms with Crippen LogP contribution < -0.4 is 9.46 Å². The monoisotopic (exact) mass is 389 g/mol. The molecule has 0 aliphatic heterocycles. The van der Waals surface area contributed by atoms with Crippen molar-refractivity contribution >= 4 is 21.4 Å². The highest BCUT2D eigenvalue weighted by atomic mass is 32.2. The van der Waals surface area contributed by atoms with Crippen LogP contribution in [-0.4, -0.2) is 32.0 Å². The Balaban J connectivity index is 1.62. The predicted molar refractivity (Wildman–Crippen MR) is 102 cm³/mol. The Kier molecular flexibility index (Phi) is 5.65. The van der Waals surface area contributed by atoms with Crippen molar-refractivity contribution in [1.82, 2.24) is 14.7 Å². The van der Waals surface area contributed by atoms with Gasteiger partial charge in [-0.15, -0.1) is 11.3 Å². The van der Waals surface area contributed by atoms with Crippen LogP contribution in [0.4, 0.5) is 0 Å². The first-order valence-corrected chi connectivity index (χ1v) is 10.3. The minimum atomic E-state index is -3.56. The Morgan fingerprint density at radius 3 is 2.81 bits per heavy atom. The number of rotatable bonds is 7. The highest BCUT2D eigenvalue weighted by Crippen LogP contribution is 2.22. The number of benzene rings is 1. The van der Waals surface area contributed by atoms with Crippen LogP contribution in [0, 0.1) is 6.92 Å². The topological polar surface area (TPSA) is 81.2 Å². The minimum Gasteiger partial charge on any atom is -0.496 e. The van der Waals surface area contributed by atoms with Gasteiger partial charge in [-0.3, -0.25) is 4.98 Å². The highest BCUT2D eigenvalue weighted by molar-refractivity contribution is 7.89. The van der Waals surface area contributed by atoms with Gasteiger partial charge in [0.25, 0.3) is 0 Å². The lowest BCUT2D eigenvalue weighted by molar-refractivity contribution is 0.411. The van der Waals surface area contributed by atoms with E-state index in [2.05, 4.69) is 14.7 Å². The van der Waals surface area contributed by atoms with E-state index in [4.69, 9.17) is 4.74 Å². The van der Waals surface area contributed by atoms with Gasteiger partial charge in [-0.2, -0.15) is 0 Å². The van der Waals surface area contributed by atoms with Gasteiger partial charge in [-0.25, -0.2) is 18.1 Å². The number of nitrogens with one attached hydrogen (secondary N) is 1. The minimum absolute atomic E-state index is 0.228. The van der Waals surface area contributed by atoms with Crippen molar-refractivity contribution < 1.29 is 13.2 Å². The summed E-state index contributed by atoms with van der Waals surface area (Å²) in [4.78, 5) is 8.85. The molecule has 6 nitrogen and oxygen atoms in total. The number of hydrogen-bond acceptors (Lipinski definition) is 6. The third-order valence-corrected chi connectivity index (χ3v) is 6.18. The maximum absolute atomic E-state index is 12.4. The lowest BCUT2D eigenvalue weighted by atomic mass is 10.2. The summed E-state index contributed by atoms with van der Waals surface area (Å²) in [6.45, 7) is 2.10. The molecule has 136 valence electrons. The van der Waals surface area contributed by atoms with Crippen molar-refractivity contribution in [2.45, 2.75) is 18.2 Å². The summed E-state index contributed by atoms with van der Waals surface area (Å²) in [5.74, 6) is 0.662. The van der Waals surface area contributed by atoms with Gasteiger partial charge >= 0.3 is 0 Å². The number of sulfonamides is 1. The second-order valence-corrected chi connectivity index (χ2v) is 8.36. The third-order valence-electron chi connectivity index (χ3n) is 3.82. The van der Waals surface area contributed by atoms with Crippen molar-refractivity contribution in [1.29, 1.82) is 0 Å². The van der Waals surface area contributed by atoms with E-state index >= 15 is 0 Å². The molecule has 2 aromatic heterocycles. The molecule has 0 atom stereocenters. The number of aryl methyl sites for hydroxylation is 1. The summed E-state index contributed by atoms with van der Waals surface area (Å²) in [7, 11) is -2.00. The van der Waals surface area contributed by atoms with Crippen molar-refractivity contribution in [3.8, 4) is 17.0 Å². The van der Waals surface area contributed by atoms with Gasteiger partial charge < -0.3 is 4.74 Å². The van der Waals surface area contributed by atoms with Crippen LogP contribution in [0.1, 0.15) is 10.6 Å². The molecule has 26 heavy (non-hydrogen) atoms. The average molecular weight is 390 g/mol. The van der Waals surface area contributed by atoms with E-state index in [1.165, 1.54) is 17.4 Å². The Bertz CT molecular complexity index is 986. The Hall–Kier alpha value is -2.29. The fourth-order valence-corrected chi connectivity index (χ4v) is 4.39. The van der Waals surface area contributed by atoms with Crippen molar-refractivity contribution in [3.63, 3.8) is 0 Å². The second kappa shape index (κ2) is 7.94. The van der Waals surface area contributed by atoms with Gasteiger partial charge in [0, 0.05) is 36.3 Å². The van der Waals surface area contributed by atoms with E-state index in [9.17, 15) is 8.42 Å². The van der Waals surface area contributed by atoms with Crippen LogP contribution in [0.25, 0.3) is 11.3 Å². The molecule has 0 spiro atoms. The van der Waals surface area contributed by atoms with Gasteiger partial charge in [0.1, 0.15) is 5.75 Å². The number of aromatic nitrogens is 2. The fraction of sp³-hybridized carbons (Fsp3) is 0.222. The summed E-state index contributed by atoms with van der Waals surface area (Å²) < 4.78 is 32.6. The lowest BCUT2D eigenvalue weighted by Gasteiger charge is -2.09. The summed E-state index contributed by atoms with van der Waals surface area (Å²) in [5, 5.41) is 2.82. The first-order chi connectivity index (χ1) is 12.5. The van der Waals surface area contributed by atoms with Crippen LogP contribution in [0.5, 0.6) is 5.75 Å². The molecule has 1 N–H and O–H groups in total. The molecule has 0 saturated heterocycles. The van der Waals surface area contributed by atoms with E-state index < -0.39 is 10.0 Å². The first-order valence-electron chi connectivity index (χ1n) is 7.99. The molecular formula is C18H19N3O3S2. The standard InChI is InChI=1S/C18H19N3O3S2/c1-13-10-15(5-6-17(13)24-2)26(22,23)20-9-7-18-21-16(12-25-18)14-4-3-8-19-11-14/h3-6,8,10-12,20H,7,9H2,1-2H3. The number of ether oxygens (including phenoxy) is 1. The quantitative estimate of drug-likeness (QED) is 0.672. The van der Waals surface area contributed by atoms with Crippen LogP contribution in [0.3, 0.4) is 0 Å². The molecule has 0 radical (unpaired) electrons. The van der Waals surface area contributed by atoms with Crippen LogP contribution in [0.15, 0.2) is 53.0 Å². The molecule has 8 heteroatoms. The van der Waals surface area contributed by atoms with E-state index in [-0.39, 0.29) is 11.4 Å². The largest absolute Gasteiger partial charge is 0.496 e. The zero-order valence-corrected chi connectivity index (χ0v) is 16.1. The lowest BCUT2D eigenvalue weighted by Crippen LogP contribution is -2.26.